The van der Waals surface area contributed by atoms with Gasteiger partial charge in [-0.1, -0.05) is 35.9 Å². The molecule has 2 unspecified atom stereocenters. The molecule has 2 bridgehead atoms. The Labute approximate surface area is 275 Å². The number of amides is 3. The van der Waals surface area contributed by atoms with E-state index in [0.717, 1.165) is 0 Å². The van der Waals surface area contributed by atoms with E-state index in [-0.39, 0.29) is 37.4 Å². The highest BCUT2D eigenvalue weighted by Crippen LogP contribution is 2.71. The zero-order chi connectivity index (χ0) is 32.4. The number of thioether (sulfide) groups is 1. The lowest BCUT2D eigenvalue weighted by Crippen LogP contribution is -2.55. The Kier molecular flexibility index (Phi) is 10.0. The number of carbonyl (C=O) groups is 3. The van der Waals surface area contributed by atoms with Crippen LogP contribution in [0.3, 0.4) is 0 Å². The minimum absolute atomic E-state index is 0.00996. The first-order valence-electron chi connectivity index (χ1n) is 15.6. The lowest BCUT2D eigenvalue weighted by molar-refractivity contribution is -0.139. The number of carbonyl (C=O) groups excluding carboxylic acids is 3. The van der Waals surface area contributed by atoms with Crippen LogP contribution >= 0.6 is 23.4 Å². The first-order valence-corrected chi connectivity index (χ1v) is 16.8. The molecule has 45 heavy (non-hydrogen) atoms. The summed E-state index contributed by atoms with van der Waals surface area (Å²) in [6.07, 6.45) is 5.72. The highest BCUT2D eigenvalue weighted by molar-refractivity contribution is 8.02. The van der Waals surface area contributed by atoms with Crippen molar-refractivity contribution in [3.8, 4) is 5.75 Å². The molecule has 3 aliphatic heterocycles. The second-order valence-electron chi connectivity index (χ2n) is 12.0. The molecule has 0 saturated carbocycles. The van der Waals surface area contributed by atoms with Gasteiger partial charge in [0.1, 0.15) is 11.8 Å². The number of aliphatic hydroxyl groups is 1. The molecule has 2 aromatic carbocycles. The number of unbranched alkanes of at least 4 members (excludes halogenated alkanes) is 1. The van der Waals surface area contributed by atoms with E-state index in [4.69, 9.17) is 16.3 Å². The SMILES string of the molecule is C=CCN(C(=O)[C@H]1[C@H]2C(=O)N(CCCCO)C(C(=O)N(CC=C)c3ccccc3Cl)C23CC[C@]1(C)S3)c1ccc(OCC)cc1. The van der Waals surface area contributed by atoms with Crippen LogP contribution in [0.4, 0.5) is 11.4 Å². The maximum Gasteiger partial charge on any atom is 0.251 e. The van der Waals surface area contributed by atoms with Crippen molar-refractivity contribution in [3.05, 3.63) is 78.9 Å². The Bertz CT molecular complexity index is 1450. The number of rotatable bonds is 14. The number of anilines is 2. The highest BCUT2D eigenvalue weighted by Gasteiger charge is 2.77. The minimum Gasteiger partial charge on any atom is -0.494 e. The topological polar surface area (TPSA) is 90.4 Å². The number of hydrogen-bond donors (Lipinski definition) is 1. The molecule has 8 nitrogen and oxygen atoms in total. The number of para-hydroxylation sites is 1. The molecule has 0 aromatic heterocycles. The van der Waals surface area contributed by atoms with Gasteiger partial charge in [-0.2, -0.15) is 0 Å². The van der Waals surface area contributed by atoms with Gasteiger partial charge in [0.05, 0.1) is 33.9 Å². The lowest BCUT2D eigenvalue weighted by atomic mass is 9.66. The number of halogens is 1. The summed E-state index contributed by atoms with van der Waals surface area (Å²) in [5, 5.41) is 9.95. The number of nitrogens with zero attached hydrogens (tertiary/aromatic N) is 3. The summed E-state index contributed by atoms with van der Waals surface area (Å²) >= 11 is 8.22. The summed E-state index contributed by atoms with van der Waals surface area (Å²) < 4.78 is 4.28. The van der Waals surface area contributed by atoms with E-state index in [0.29, 0.717) is 61.0 Å². The molecule has 3 amide bonds. The van der Waals surface area contributed by atoms with Crippen molar-refractivity contribution < 1.29 is 24.2 Å². The zero-order valence-electron chi connectivity index (χ0n) is 26.0. The number of aliphatic hydroxyl groups excluding tert-OH is 1. The summed E-state index contributed by atoms with van der Waals surface area (Å²) in [4.78, 5) is 49.0. The van der Waals surface area contributed by atoms with E-state index in [1.807, 2.05) is 43.3 Å². The van der Waals surface area contributed by atoms with Crippen LogP contribution in [0.5, 0.6) is 5.75 Å². The quantitative estimate of drug-likeness (QED) is 0.207. The second kappa shape index (κ2) is 13.6. The lowest BCUT2D eigenvalue weighted by Gasteiger charge is -2.38. The molecule has 2 aromatic rings. The van der Waals surface area contributed by atoms with Gasteiger partial charge in [-0.3, -0.25) is 14.4 Å². The Hall–Kier alpha value is -3.27. The van der Waals surface area contributed by atoms with Gasteiger partial charge in [0.15, 0.2) is 0 Å². The van der Waals surface area contributed by atoms with Gasteiger partial charge < -0.3 is 24.5 Å². The number of benzene rings is 2. The fourth-order valence-electron chi connectivity index (χ4n) is 7.48. The van der Waals surface area contributed by atoms with Crippen molar-refractivity contribution in [1.82, 2.24) is 4.90 Å². The molecular weight excluding hydrogens is 610 g/mol. The molecule has 3 fully saturated rings. The van der Waals surface area contributed by atoms with Crippen LogP contribution in [-0.4, -0.2) is 76.1 Å². The number of ether oxygens (including phenoxy) is 1. The smallest absolute Gasteiger partial charge is 0.251 e. The fourth-order valence-corrected chi connectivity index (χ4v) is 10.1. The fraction of sp³-hybridized carbons (Fsp3) is 0.457. The first kappa shape index (κ1) is 33.1. The van der Waals surface area contributed by atoms with Crippen molar-refractivity contribution in [2.24, 2.45) is 11.8 Å². The molecule has 1 spiro atoms. The van der Waals surface area contributed by atoms with Gasteiger partial charge in [0.2, 0.25) is 11.8 Å². The third-order valence-electron chi connectivity index (χ3n) is 9.34. The van der Waals surface area contributed by atoms with Crippen LogP contribution in [-0.2, 0) is 14.4 Å². The standard InChI is InChI=1S/C35H42ClN3O5S/c1-5-20-37(24-14-16-25(17-15-24)44-7-3)31(41)28-29-32(42)39(22-10-11-23-40)30(35(29)19-18-34(28,4)45-35)33(43)38(21-6-2)27-13-9-8-12-26(27)36/h5-6,8-9,12-17,28-30,40H,1-2,7,10-11,18-23H2,3-4H3/t28-,29+,30?,34+,35?/m1/s1. The summed E-state index contributed by atoms with van der Waals surface area (Å²) in [7, 11) is 0. The Morgan fingerprint density at radius 3 is 2.40 bits per heavy atom. The van der Waals surface area contributed by atoms with E-state index < -0.39 is 27.4 Å². The van der Waals surface area contributed by atoms with Crippen LogP contribution in [0.1, 0.15) is 39.5 Å². The normalized spacial score (nSPS) is 26.4. The van der Waals surface area contributed by atoms with Gasteiger partial charge >= 0.3 is 0 Å². The zero-order valence-corrected chi connectivity index (χ0v) is 27.6. The molecule has 0 aliphatic carbocycles. The average Bonchev–Trinajstić information content (AvgIpc) is 3.60. The van der Waals surface area contributed by atoms with Crippen LogP contribution < -0.4 is 14.5 Å². The largest absolute Gasteiger partial charge is 0.494 e. The van der Waals surface area contributed by atoms with E-state index in [1.165, 1.54) is 0 Å². The molecule has 3 saturated heterocycles. The Balaban J connectivity index is 1.56. The van der Waals surface area contributed by atoms with Crippen LogP contribution in [0.15, 0.2) is 73.8 Å². The van der Waals surface area contributed by atoms with Crippen LogP contribution in [0.2, 0.25) is 5.02 Å². The number of hydrogen-bond acceptors (Lipinski definition) is 6. The molecule has 5 atom stereocenters. The van der Waals surface area contributed by atoms with Crippen molar-refractivity contribution in [2.45, 2.75) is 55.1 Å². The molecule has 1 N–H and O–H groups in total. The summed E-state index contributed by atoms with van der Waals surface area (Å²) in [6, 6.07) is 13.7. The molecule has 3 heterocycles. The summed E-state index contributed by atoms with van der Waals surface area (Å²) in [5.41, 5.74) is 1.25. The van der Waals surface area contributed by atoms with E-state index in [9.17, 15) is 19.5 Å². The number of likely N-dealkylation sites (tertiary alicyclic amines) is 1. The van der Waals surface area contributed by atoms with Crippen LogP contribution in [0.25, 0.3) is 0 Å². The molecule has 10 heteroatoms. The Morgan fingerprint density at radius 1 is 1.07 bits per heavy atom. The first-order chi connectivity index (χ1) is 21.7. The third-order valence-corrected chi connectivity index (χ3v) is 11.6. The highest BCUT2D eigenvalue weighted by atomic mass is 35.5. The molecule has 5 rings (SSSR count). The van der Waals surface area contributed by atoms with Crippen molar-refractivity contribution >= 4 is 52.5 Å². The van der Waals surface area contributed by atoms with Gasteiger partial charge in [0.25, 0.3) is 5.91 Å². The van der Waals surface area contributed by atoms with Crippen molar-refractivity contribution in [2.75, 3.05) is 42.6 Å². The second-order valence-corrected chi connectivity index (χ2v) is 14.3. The minimum atomic E-state index is -0.798. The number of fused-ring (bicyclic) bond motifs is 1. The maximum absolute atomic E-state index is 14.8. The predicted octanol–water partition coefficient (Wildman–Crippen LogP) is 5.73. The van der Waals surface area contributed by atoms with Crippen molar-refractivity contribution in [1.29, 1.82) is 0 Å². The van der Waals surface area contributed by atoms with E-state index in [2.05, 4.69) is 20.1 Å². The van der Waals surface area contributed by atoms with E-state index in [1.54, 1.807) is 50.7 Å². The summed E-state index contributed by atoms with van der Waals surface area (Å²) in [5.74, 6) is -1.16. The van der Waals surface area contributed by atoms with Gasteiger partial charge in [-0.25, -0.2) is 0 Å². The average molecular weight is 652 g/mol. The summed E-state index contributed by atoms with van der Waals surface area (Å²) in [6.45, 7) is 13.1. The molecular formula is C35H42ClN3O5S. The van der Waals surface area contributed by atoms with Gasteiger partial charge in [0, 0.05) is 36.7 Å². The van der Waals surface area contributed by atoms with E-state index >= 15 is 0 Å². The van der Waals surface area contributed by atoms with Gasteiger partial charge in [-0.05, 0) is 75.9 Å². The van der Waals surface area contributed by atoms with Crippen molar-refractivity contribution in [3.63, 3.8) is 0 Å². The third kappa shape index (κ3) is 5.79. The monoisotopic (exact) mass is 651 g/mol. The molecule has 0 radical (unpaired) electrons. The molecule has 240 valence electrons. The van der Waals surface area contributed by atoms with Gasteiger partial charge in [-0.15, -0.1) is 24.9 Å². The Morgan fingerprint density at radius 2 is 1.76 bits per heavy atom. The maximum atomic E-state index is 14.8. The van der Waals surface area contributed by atoms with Crippen LogP contribution in [0, 0.1) is 11.8 Å². The molecule has 3 aliphatic rings. The predicted molar refractivity (Wildman–Crippen MR) is 181 cm³/mol.